The van der Waals surface area contributed by atoms with Gasteiger partial charge in [-0.3, -0.25) is 4.79 Å². The summed E-state index contributed by atoms with van der Waals surface area (Å²) < 4.78 is 10.0. The van der Waals surface area contributed by atoms with Crippen LogP contribution >= 0.6 is 0 Å². The van der Waals surface area contributed by atoms with E-state index in [0.29, 0.717) is 17.5 Å². The molecular formula is C14H17N5O3. The van der Waals surface area contributed by atoms with Crippen LogP contribution in [-0.2, 0) is 9.53 Å². The van der Waals surface area contributed by atoms with E-state index in [4.69, 9.17) is 9.26 Å². The first-order valence-corrected chi connectivity index (χ1v) is 7.08. The van der Waals surface area contributed by atoms with Crippen molar-refractivity contribution in [1.82, 2.24) is 20.4 Å². The van der Waals surface area contributed by atoms with Crippen molar-refractivity contribution >= 4 is 11.7 Å². The van der Waals surface area contributed by atoms with Crippen LogP contribution < -0.4 is 10.6 Å². The topological polar surface area (TPSA) is 102 Å². The summed E-state index contributed by atoms with van der Waals surface area (Å²) in [6.07, 6.45) is 3.71. The number of aromatic nitrogens is 3. The van der Waals surface area contributed by atoms with Gasteiger partial charge in [0.2, 0.25) is 11.7 Å². The van der Waals surface area contributed by atoms with Crippen LogP contribution in [0.5, 0.6) is 0 Å². The number of methoxy groups -OCH3 is 1. The van der Waals surface area contributed by atoms with Gasteiger partial charge in [0.25, 0.3) is 5.91 Å². The van der Waals surface area contributed by atoms with E-state index in [1.54, 1.807) is 18.3 Å². The molecule has 1 fully saturated rings. The van der Waals surface area contributed by atoms with Crippen molar-refractivity contribution < 1.29 is 14.1 Å². The fourth-order valence-electron chi connectivity index (χ4n) is 2.30. The maximum absolute atomic E-state index is 11.4. The number of nitrogens with one attached hydrogen (secondary N) is 2. The van der Waals surface area contributed by atoms with Gasteiger partial charge in [-0.1, -0.05) is 5.16 Å². The van der Waals surface area contributed by atoms with Crippen molar-refractivity contribution in [3.63, 3.8) is 0 Å². The highest BCUT2D eigenvalue weighted by Crippen LogP contribution is 2.24. The lowest BCUT2D eigenvalue weighted by molar-refractivity contribution is -0.119. The van der Waals surface area contributed by atoms with Crippen LogP contribution in [0.1, 0.15) is 24.8 Å². The molecule has 0 unspecified atom stereocenters. The fraction of sp³-hybridized carbons (Fsp3) is 0.429. The number of pyridine rings is 1. The predicted molar refractivity (Wildman–Crippen MR) is 78.0 cm³/mol. The Labute approximate surface area is 127 Å². The van der Waals surface area contributed by atoms with Gasteiger partial charge in [0.05, 0.1) is 6.04 Å². The van der Waals surface area contributed by atoms with Gasteiger partial charge in [0.15, 0.2) is 0 Å². The molecule has 0 aromatic carbocycles. The van der Waals surface area contributed by atoms with Crippen molar-refractivity contribution in [3.05, 3.63) is 24.2 Å². The maximum Gasteiger partial charge on any atom is 0.251 e. The highest BCUT2D eigenvalue weighted by Gasteiger charge is 2.22. The Balaban J connectivity index is 1.68. The predicted octanol–water partition coefficient (Wildman–Crippen LogP) is 1.14. The quantitative estimate of drug-likeness (QED) is 0.853. The highest BCUT2D eigenvalue weighted by molar-refractivity contribution is 5.90. The lowest BCUT2D eigenvalue weighted by atomic mass is 10.2. The molecule has 0 radical (unpaired) electrons. The van der Waals surface area contributed by atoms with Crippen LogP contribution in [0.3, 0.4) is 0 Å². The second-order valence-corrected chi connectivity index (χ2v) is 5.02. The minimum Gasteiger partial charge on any atom is -0.375 e. The van der Waals surface area contributed by atoms with Crippen LogP contribution in [0.15, 0.2) is 22.9 Å². The second-order valence-electron chi connectivity index (χ2n) is 5.02. The molecule has 0 bridgehead atoms. The average Bonchev–Trinajstić information content (AvgIpc) is 3.19. The minimum absolute atomic E-state index is 0.00792. The molecule has 2 N–H and O–H groups in total. The van der Waals surface area contributed by atoms with Crippen molar-refractivity contribution in [2.24, 2.45) is 0 Å². The molecule has 0 saturated carbocycles. The molecule has 1 amide bonds. The summed E-state index contributed by atoms with van der Waals surface area (Å²) in [6.45, 7) is 0.964. The summed E-state index contributed by atoms with van der Waals surface area (Å²) in [5, 5.41) is 9.91. The number of carbonyl (C=O) groups excluding carboxylic acids is 1. The van der Waals surface area contributed by atoms with E-state index in [2.05, 4.69) is 25.8 Å². The Morgan fingerprint density at radius 2 is 2.45 bits per heavy atom. The SMILES string of the molecule is COCC(=O)Nc1ccc(-c2noc([C@@H]3CCCN3)n2)cn1. The van der Waals surface area contributed by atoms with Gasteiger partial charge < -0.3 is 19.9 Å². The molecule has 3 heterocycles. The molecule has 1 aliphatic heterocycles. The lowest BCUT2D eigenvalue weighted by Gasteiger charge is -2.03. The molecule has 0 spiro atoms. The van der Waals surface area contributed by atoms with Crippen LogP contribution in [0.25, 0.3) is 11.4 Å². The third kappa shape index (κ3) is 3.29. The summed E-state index contributed by atoms with van der Waals surface area (Å²) in [5.74, 6) is 1.29. The number of hydrogen-bond acceptors (Lipinski definition) is 7. The second kappa shape index (κ2) is 6.63. The van der Waals surface area contributed by atoms with Crippen LogP contribution in [0.4, 0.5) is 5.82 Å². The average molecular weight is 303 g/mol. The lowest BCUT2D eigenvalue weighted by Crippen LogP contribution is -2.17. The number of amides is 1. The van der Waals surface area contributed by atoms with Crippen LogP contribution in [-0.4, -0.2) is 41.3 Å². The summed E-state index contributed by atoms with van der Waals surface area (Å²) in [5.41, 5.74) is 0.734. The molecule has 22 heavy (non-hydrogen) atoms. The molecule has 2 aromatic heterocycles. The Bertz CT molecular complexity index is 634. The fourth-order valence-corrected chi connectivity index (χ4v) is 2.30. The van der Waals surface area contributed by atoms with E-state index in [9.17, 15) is 4.79 Å². The summed E-state index contributed by atoms with van der Waals surface area (Å²) in [7, 11) is 1.46. The van der Waals surface area contributed by atoms with Gasteiger partial charge in [0, 0.05) is 18.9 Å². The van der Waals surface area contributed by atoms with E-state index in [-0.39, 0.29) is 18.6 Å². The zero-order valence-corrected chi connectivity index (χ0v) is 12.2. The van der Waals surface area contributed by atoms with Gasteiger partial charge in [-0.25, -0.2) is 4.98 Å². The van der Waals surface area contributed by atoms with Crippen molar-refractivity contribution in [2.45, 2.75) is 18.9 Å². The molecule has 8 heteroatoms. The smallest absolute Gasteiger partial charge is 0.251 e. The van der Waals surface area contributed by atoms with Crippen LogP contribution in [0.2, 0.25) is 0 Å². The van der Waals surface area contributed by atoms with Crippen molar-refractivity contribution in [1.29, 1.82) is 0 Å². The molecule has 3 rings (SSSR count). The highest BCUT2D eigenvalue weighted by atomic mass is 16.5. The summed E-state index contributed by atoms with van der Waals surface area (Å²) in [6, 6.07) is 3.61. The van der Waals surface area contributed by atoms with Gasteiger partial charge in [-0.2, -0.15) is 4.98 Å². The number of hydrogen-bond donors (Lipinski definition) is 2. The number of carbonyl (C=O) groups is 1. The third-order valence-corrected chi connectivity index (χ3v) is 3.36. The Hall–Kier alpha value is -2.32. The molecule has 1 atom stereocenters. The van der Waals surface area contributed by atoms with E-state index in [1.165, 1.54) is 7.11 Å². The van der Waals surface area contributed by atoms with Crippen LogP contribution in [0, 0.1) is 0 Å². The molecule has 1 aliphatic rings. The first kappa shape index (κ1) is 14.6. The normalized spacial score (nSPS) is 17.6. The largest absolute Gasteiger partial charge is 0.375 e. The molecule has 116 valence electrons. The van der Waals surface area contributed by atoms with Gasteiger partial charge in [-0.05, 0) is 31.5 Å². The first-order chi connectivity index (χ1) is 10.8. The minimum atomic E-state index is -0.253. The van der Waals surface area contributed by atoms with Gasteiger partial charge in [-0.15, -0.1) is 0 Å². The van der Waals surface area contributed by atoms with E-state index in [1.807, 2.05) is 0 Å². The standard InChI is InChI=1S/C14H17N5O3/c1-21-8-12(20)17-11-5-4-9(7-16-11)13-18-14(22-19-13)10-3-2-6-15-10/h4-5,7,10,15H,2-3,6,8H2,1H3,(H,16,17,20)/t10-/m0/s1. The number of rotatable bonds is 5. The third-order valence-electron chi connectivity index (χ3n) is 3.36. The Morgan fingerprint density at radius 1 is 1.55 bits per heavy atom. The van der Waals surface area contributed by atoms with Gasteiger partial charge >= 0.3 is 0 Å². The summed E-state index contributed by atoms with van der Waals surface area (Å²) in [4.78, 5) is 19.9. The monoisotopic (exact) mass is 303 g/mol. The molecule has 2 aromatic rings. The number of nitrogens with zero attached hydrogens (tertiary/aromatic N) is 3. The van der Waals surface area contributed by atoms with Gasteiger partial charge in [0.1, 0.15) is 12.4 Å². The van der Waals surface area contributed by atoms with Crippen molar-refractivity contribution in [3.8, 4) is 11.4 Å². The Kier molecular flexibility index (Phi) is 4.40. The first-order valence-electron chi connectivity index (χ1n) is 7.08. The maximum atomic E-state index is 11.4. The zero-order chi connectivity index (χ0) is 15.4. The summed E-state index contributed by atoms with van der Waals surface area (Å²) >= 11 is 0. The number of ether oxygens (including phenoxy) is 1. The van der Waals surface area contributed by atoms with E-state index < -0.39 is 0 Å². The van der Waals surface area contributed by atoms with Crippen molar-refractivity contribution in [2.75, 3.05) is 25.6 Å². The zero-order valence-electron chi connectivity index (χ0n) is 12.2. The molecule has 8 nitrogen and oxygen atoms in total. The Morgan fingerprint density at radius 3 is 3.14 bits per heavy atom. The molecule has 1 saturated heterocycles. The number of anilines is 1. The van der Waals surface area contributed by atoms with E-state index in [0.717, 1.165) is 24.9 Å². The van der Waals surface area contributed by atoms with E-state index >= 15 is 0 Å². The molecule has 0 aliphatic carbocycles. The molecular weight excluding hydrogens is 286 g/mol.